The first-order chi connectivity index (χ1) is 8.10. The molecule has 18 heavy (non-hydrogen) atoms. The smallest absolute Gasteiger partial charge is 0.361 e. The van der Waals surface area contributed by atoms with Crippen LogP contribution in [0.2, 0.25) is 0 Å². The van der Waals surface area contributed by atoms with Crippen LogP contribution in [0.15, 0.2) is 0 Å². The Hall–Kier alpha value is -0.500. The van der Waals surface area contributed by atoms with Gasteiger partial charge in [0, 0.05) is 12.6 Å². The summed E-state index contributed by atoms with van der Waals surface area (Å²) in [6, 6.07) is 0.355. The summed E-state index contributed by atoms with van der Waals surface area (Å²) in [7, 11) is 0. The van der Waals surface area contributed by atoms with Gasteiger partial charge in [-0.15, -0.1) is 0 Å². The molecule has 0 saturated heterocycles. The Kier molecular flexibility index (Phi) is 4.88. The van der Waals surface area contributed by atoms with Crippen LogP contribution in [0.1, 0.15) is 19.8 Å². The van der Waals surface area contributed by atoms with Gasteiger partial charge in [-0.25, -0.2) is 0 Å². The van der Waals surface area contributed by atoms with E-state index in [2.05, 4.69) is 10.1 Å². The predicted octanol–water partition coefficient (Wildman–Crippen LogP) is 2.88. The second-order valence-electron chi connectivity index (χ2n) is 4.58. The van der Waals surface area contributed by atoms with Crippen molar-refractivity contribution in [1.82, 2.24) is 5.32 Å². The van der Waals surface area contributed by atoms with Crippen molar-refractivity contribution in [2.24, 2.45) is 5.92 Å². The first kappa shape index (κ1) is 15.6. The predicted molar refractivity (Wildman–Crippen MR) is 52.0 cm³/mol. The van der Waals surface area contributed by atoms with Gasteiger partial charge in [0.2, 0.25) is 6.10 Å². The molecule has 0 radical (unpaired) electrons. The van der Waals surface area contributed by atoms with Gasteiger partial charge in [0.1, 0.15) is 0 Å². The van der Waals surface area contributed by atoms with Gasteiger partial charge >= 0.3 is 12.4 Å². The summed E-state index contributed by atoms with van der Waals surface area (Å²) >= 11 is 0. The summed E-state index contributed by atoms with van der Waals surface area (Å²) in [4.78, 5) is 0. The lowest BCUT2D eigenvalue weighted by Gasteiger charge is -2.24. The molecule has 1 aliphatic carbocycles. The van der Waals surface area contributed by atoms with Gasteiger partial charge in [-0.2, -0.15) is 26.3 Å². The molecule has 2 nitrogen and oxygen atoms in total. The highest BCUT2D eigenvalue weighted by Crippen LogP contribution is 2.35. The summed E-state index contributed by atoms with van der Waals surface area (Å²) in [6.07, 6.45) is -12.6. The maximum atomic E-state index is 12.1. The lowest BCUT2D eigenvalue weighted by molar-refractivity contribution is -0.323. The zero-order valence-corrected chi connectivity index (χ0v) is 9.74. The molecule has 1 atom stereocenters. The van der Waals surface area contributed by atoms with Crippen molar-refractivity contribution >= 4 is 0 Å². The van der Waals surface area contributed by atoms with Crippen LogP contribution in [0, 0.1) is 5.92 Å². The normalized spacial score (nSPS) is 19.3. The molecule has 8 heteroatoms. The molecule has 1 fully saturated rings. The van der Waals surface area contributed by atoms with Crippen molar-refractivity contribution in [3.05, 3.63) is 0 Å². The van der Waals surface area contributed by atoms with Gasteiger partial charge in [-0.3, -0.25) is 0 Å². The van der Waals surface area contributed by atoms with Gasteiger partial charge in [0.15, 0.2) is 0 Å². The fraction of sp³-hybridized carbons (Fsp3) is 1.00. The molecule has 0 spiro atoms. The van der Waals surface area contributed by atoms with Gasteiger partial charge in [0.25, 0.3) is 0 Å². The number of nitrogens with one attached hydrogen (secondary N) is 1. The first-order valence-electron chi connectivity index (χ1n) is 5.59. The largest absolute Gasteiger partial charge is 0.423 e. The Balaban J connectivity index is 2.36. The number of rotatable bonds is 6. The lowest BCUT2D eigenvalue weighted by Crippen LogP contribution is -2.45. The van der Waals surface area contributed by atoms with E-state index in [1.54, 1.807) is 6.92 Å². The molecule has 0 aromatic heterocycles. The molecule has 0 heterocycles. The van der Waals surface area contributed by atoms with E-state index in [1.807, 2.05) is 0 Å². The number of alkyl halides is 6. The van der Waals surface area contributed by atoms with E-state index in [1.165, 1.54) is 0 Å². The average Bonchev–Trinajstić information content (AvgIpc) is 2.93. The highest BCUT2D eigenvalue weighted by Gasteiger charge is 2.58. The highest BCUT2D eigenvalue weighted by atomic mass is 19.4. The minimum atomic E-state index is -5.43. The summed E-state index contributed by atoms with van der Waals surface area (Å²) in [5, 5.41) is 3.02. The molecule has 0 aliphatic heterocycles. The number of hydrogen-bond acceptors (Lipinski definition) is 2. The van der Waals surface area contributed by atoms with Crippen LogP contribution >= 0.6 is 0 Å². The minimum absolute atomic E-state index is 0.354. The van der Waals surface area contributed by atoms with Crippen LogP contribution in [-0.2, 0) is 4.74 Å². The van der Waals surface area contributed by atoms with Crippen LogP contribution in [0.3, 0.4) is 0 Å². The topological polar surface area (TPSA) is 21.3 Å². The van der Waals surface area contributed by atoms with Gasteiger partial charge in [0.05, 0.1) is 6.61 Å². The standard InChI is InChI=1S/C10H15F6NO/c1-6(4-17-7-2-3-7)5-18-8(9(11,12)13)10(14,15)16/h6-8,17H,2-5H2,1H3. The minimum Gasteiger partial charge on any atom is -0.361 e. The van der Waals surface area contributed by atoms with E-state index in [0.717, 1.165) is 12.8 Å². The third-order valence-electron chi connectivity index (χ3n) is 2.47. The SMILES string of the molecule is CC(CNC1CC1)COC(C(F)(F)F)C(F)(F)F. The van der Waals surface area contributed by atoms with E-state index >= 15 is 0 Å². The van der Waals surface area contributed by atoms with E-state index in [9.17, 15) is 26.3 Å². The highest BCUT2D eigenvalue weighted by molar-refractivity contribution is 4.81. The van der Waals surface area contributed by atoms with E-state index < -0.39 is 31.0 Å². The zero-order chi connectivity index (χ0) is 14.0. The fourth-order valence-electron chi connectivity index (χ4n) is 1.35. The molecule has 1 unspecified atom stereocenters. The molecule has 1 saturated carbocycles. The molecule has 1 rings (SSSR count). The third-order valence-corrected chi connectivity index (χ3v) is 2.47. The van der Waals surface area contributed by atoms with E-state index in [0.29, 0.717) is 12.6 Å². The molecule has 1 aliphatic rings. The second kappa shape index (κ2) is 5.64. The van der Waals surface area contributed by atoms with Crippen molar-refractivity contribution in [3.63, 3.8) is 0 Å². The second-order valence-corrected chi connectivity index (χ2v) is 4.58. The molecule has 0 bridgehead atoms. The molecule has 1 N–H and O–H groups in total. The Morgan fingerprint density at radius 3 is 2.00 bits per heavy atom. The Bertz CT molecular complexity index is 246. The maximum absolute atomic E-state index is 12.1. The zero-order valence-electron chi connectivity index (χ0n) is 9.74. The van der Waals surface area contributed by atoms with Crippen LogP contribution in [-0.4, -0.2) is 37.7 Å². The maximum Gasteiger partial charge on any atom is 0.423 e. The molecule has 0 aromatic carbocycles. The van der Waals surface area contributed by atoms with Crippen LogP contribution in [0.5, 0.6) is 0 Å². The number of hydrogen-bond donors (Lipinski definition) is 1. The van der Waals surface area contributed by atoms with Gasteiger partial charge in [-0.05, 0) is 18.8 Å². The summed E-state index contributed by atoms with van der Waals surface area (Å²) in [5.41, 5.74) is 0. The van der Waals surface area contributed by atoms with Gasteiger partial charge in [-0.1, -0.05) is 6.92 Å². The van der Waals surface area contributed by atoms with E-state index in [4.69, 9.17) is 0 Å². The fourth-order valence-corrected chi connectivity index (χ4v) is 1.35. The summed E-state index contributed by atoms with van der Waals surface area (Å²) in [5.74, 6) is -0.405. The van der Waals surface area contributed by atoms with Gasteiger partial charge < -0.3 is 10.1 Å². The Morgan fingerprint density at radius 1 is 1.11 bits per heavy atom. The van der Waals surface area contributed by atoms with Crippen molar-refractivity contribution < 1.29 is 31.1 Å². The average molecular weight is 279 g/mol. The lowest BCUT2D eigenvalue weighted by atomic mass is 10.2. The Morgan fingerprint density at radius 2 is 1.61 bits per heavy atom. The molecular formula is C10H15F6NO. The molecule has 108 valence electrons. The number of ether oxygens (including phenoxy) is 1. The molecular weight excluding hydrogens is 264 g/mol. The Labute approximate surface area is 101 Å². The van der Waals surface area contributed by atoms with Crippen molar-refractivity contribution in [2.75, 3.05) is 13.2 Å². The van der Waals surface area contributed by atoms with Crippen molar-refractivity contribution in [1.29, 1.82) is 0 Å². The monoisotopic (exact) mass is 279 g/mol. The van der Waals surface area contributed by atoms with Crippen LogP contribution in [0.4, 0.5) is 26.3 Å². The van der Waals surface area contributed by atoms with Crippen LogP contribution < -0.4 is 5.32 Å². The van der Waals surface area contributed by atoms with Crippen LogP contribution in [0.25, 0.3) is 0 Å². The molecule has 0 amide bonds. The van der Waals surface area contributed by atoms with E-state index in [-0.39, 0.29) is 0 Å². The quantitative estimate of drug-likeness (QED) is 0.755. The third kappa shape index (κ3) is 5.43. The summed E-state index contributed by atoms with van der Waals surface area (Å²) < 4.78 is 76.8. The first-order valence-corrected chi connectivity index (χ1v) is 5.59. The number of halogens is 6. The summed E-state index contributed by atoms with van der Waals surface area (Å²) in [6.45, 7) is 1.32. The van der Waals surface area contributed by atoms with Crippen molar-refractivity contribution in [2.45, 2.75) is 44.3 Å². The molecule has 0 aromatic rings. The van der Waals surface area contributed by atoms with Crippen molar-refractivity contribution in [3.8, 4) is 0 Å².